The van der Waals surface area contributed by atoms with Crippen LogP contribution in [0.3, 0.4) is 0 Å². The summed E-state index contributed by atoms with van der Waals surface area (Å²) in [4.78, 5) is 37.9. The van der Waals surface area contributed by atoms with Gasteiger partial charge in [-0.05, 0) is 103 Å². The Morgan fingerprint density at radius 3 is 0.956 bits per heavy atom. The van der Waals surface area contributed by atoms with Gasteiger partial charge in [-0.1, -0.05) is 233 Å². The van der Waals surface area contributed by atoms with E-state index in [9.17, 15) is 14.4 Å². The van der Waals surface area contributed by atoms with Crippen molar-refractivity contribution in [2.24, 2.45) is 0 Å². The van der Waals surface area contributed by atoms with Gasteiger partial charge in [-0.25, -0.2) is 0 Å². The second-order valence-electron chi connectivity index (χ2n) is 18.1. The average Bonchev–Trinajstić information content (AvgIpc) is 3.34. The third kappa shape index (κ3) is 53.0. The van der Waals surface area contributed by atoms with Crippen LogP contribution in [0.2, 0.25) is 0 Å². The molecule has 0 radical (unpaired) electrons. The monoisotopic (exact) mass is 943 g/mol. The maximum atomic E-state index is 12.8. The number of ether oxygens (including phenoxy) is 3. The molecule has 0 amide bonds. The molecule has 0 N–H and O–H groups in total. The molecule has 0 spiro atoms. The minimum Gasteiger partial charge on any atom is -0.462 e. The number of carbonyl (C=O) groups is 3. The van der Waals surface area contributed by atoms with Crippen LogP contribution in [-0.4, -0.2) is 37.2 Å². The Morgan fingerprint density at radius 2 is 0.588 bits per heavy atom. The highest BCUT2D eigenvalue weighted by molar-refractivity contribution is 5.71. The largest absolute Gasteiger partial charge is 0.462 e. The Hall–Kier alpha value is -3.93. The zero-order chi connectivity index (χ0) is 49.3. The molecule has 1 unspecified atom stereocenters. The molecule has 6 nitrogen and oxygen atoms in total. The van der Waals surface area contributed by atoms with Gasteiger partial charge >= 0.3 is 17.9 Å². The molecule has 0 heterocycles. The number of hydrogen-bond donors (Lipinski definition) is 0. The first-order valence-corrected chi connectivity index (χ1v) is 27.9. The van der Waals surface area contributed by atoms with E-state index in [1.54, 1.807) is 0 Å². The summed E-state index contributed by atoms with van der Waals surface area (Å²) in [5.74, 6) is -0.930. The normalized spacial score (nSPS) is 12.9. The lowest BCUT2D eigenvalue weighted by molar-refractivity contribution is -0.167. The van der Waals surface area contributed by atoms with E-state index >= 15 is 0 Å². The van der Waals surface area contributed by atoms with Crippen LogP contribution in [0, 0.1) is 0 Å². The first-order valence-electron chi connectivity index (χ1n) is 27.9. The van der Waals surface area contributed by atoms with Crippen molar-refractivity contribution in [3.8, 4) is 0 Å². The van der Waals surface area contributed by atoms with Crippen LogP contribution in [-0.2, 0) is 28.6 Å². The molecule has 0 rings (SSSR count). The Labute approximate surface area is 419 Å². The molecule has 0 saturated carbocycles. The van der Waals surface area contributed by atoms with Gasteiger partial charge in [0.1, 0.15) is 13.2 Å². The third-order valence-corrected chi connectivity index (χ3v) is 11.5. The Morgan fingerprint density at radius 1 is 0.309 bits per heavy atom. The van der Waals surface area contributed by atoms with Crippen LogP contribution >= 0.6 is 0 Å². The van der Waals surface area contributed by atoms with Crippen molar-refractivity contribution in [1.29, 1.82) is 0 Å². The van der Waals surface area contributed by atoms with Crippen LogP contribution in [0.4, 0.5) is 0 Å². The third-order valence-electron chi connectivity index (χ3n) is 11.5. The Kier molecular flexibility index (Phi) is 52.4. The lowest BCUT2D eigenvalue weighted by Crippen LogP contribution is -2.30. The molecule has 0 aromatic carbocycles. The summed E-state index contributed by atoms with van der Waals surface area (Å²) in [7, 11) is 0. The molecule has 0 saturated heterocycles. The smallest absolute Gasteiger partial charge is 0.306 e. The van der Waals surface area contributed by atoms with Crippen molar-refractivity contribution in [2.75, 3.05) is 13.2 Å². The number of carbonyl (C=O) groups excluding carboxylic acids is 3. The average molecular weight is 943 g/mol. The van der Waals surface area contributed by atoms with E-state index in [1.165, 1.54) is 70.6 Å². The molecule has 0 aliphatic heterocycles. The van der Waals surface area contributed by atoms with Crippen molar-refractivity contribution in [3.63, 3.8) is 0 Å². The minimum absolute atomic E-state index is 0.0891. The molecule has 0 fully saturated rings. The minimum atomic E-state index is -0.791. The maximum absolute atomic E-state index is 12.8. The molecule has 0 aliphatic rings. The van der Waals surface area contributed by atoms with Crippen LogP contribution < -0.4 is 0 Å². The lowest BCUT2D eigenvalue weighted by Gasteiger charge is -2.18. The molecule has 0 aromatic heterocycles. The van der Waals surface area contributed by atoms with Gasteiger partial charge in [0.05, 0.1) is 0 Å². The van der Waals surface area contributed by atoms with Gasteiger partial charge < -0.3 is 14.2 Å². The lowest BCUT2D eigenvalue weighted by atomic mass is 10.1. The summed E-state index contributed by atoms with van der Waals surface area (Å²) in [6.45, 7) is 6.43. The van der Waals surface area contributed by atoms with Gasteiger partial charge in [0.2, 0.25) is 0 Å². The van der Waals surface area contributed by atoms with E-state index in [-0.39, 0.29) is 31.1 Å². The number of unbranched alkanes of at least 4 members (excludes halogenated alkanes) is 20. The summed E-state index contributed by atoms with van der Waals surface area (Å²) in [6, 6.07) is 0. The first-order chi connectivity index (χ1) is 33.5. The predicted molar refractivity (Wildman–Crippen MR) is 293 cm³/mol. The maximum Gasteiger partial charge on any atom is 0.306 e. The SMILES string of the molecule is CC/C=C\C/C=C\C/C=C\C/C=C\C/C=C\C/C=C\C/C=C\C/C=C\CCCCCCC(=O)OCC(COC(=O)CCCCCCCCCCCC)OC(=O)CCCCCCC/C=C\CCCC. The fourth-order valence-electron chi connectivity index (χ4n) is 7.32. The highest BCUT2D eigenvalue weighted by Gasteiger charge is 2.19. The molecule has 386 valence electrons. The van der Waals surface area contributed by atoms with E-state index in [2.05, 4.69) is 130 Å². The van der Waals surface area contributed by atoms with Gasteiger partial charge in [0.25, 0.3) is 0 Å². The molecule has 1 atom stereocenters. The molecule has 6 heteroatoms. The number of allylic oxidation sites excluding steroid dienone is 18. The van der Waals surface area contributed by atoms with Gasteiger partial charge in [-0.3, -0.25) is 14.4 Å². The highest BCUT2D eigenvalue weighted by atomic mass is 16.6. The highest BCUT2D eigenvalue weighted by Crippen LogP contribution is 2.14. The van der Waals surface area contributed by atoms with Crippen LogP contribution in [0.5, 0.6) is 0 Å². The zero-order valence-corrected chi connectivity index (χ0v) is 44.1. The van der Waals surface area contributed by atoms with Crippen molar-refractivity contribution in [2.45, 2.75) is 252 Å². The van der Waals surface area contributed by atoms with Gasteiger partial charge in [0, 0.05) is 19.3 Å². The van der Waals surface area contributed by atoms with E-state index < -0.39 is 6.10 Å². The molecular formula is C62H102O6. The van der Waals surface area contributed by atoms with Gasteiger partial charge in [0.15, 0.2) is 6.10 Å². The summed E-state index contributed by atoms with van der Waals surface area (Å²) < 4.78 is 16.7. The van der Waals surface area contributed by atoms with Crippen LogP contribution in [0.1, 0.15) is 245 Å². The fourth-order valence-corrected chi connectivity index (χ4v) is 7.32. The van der Waals surface area contributed by atoms with Crippen LogP contribution in [0.15, 0.2) is 109 Å². The van der Waals surface area contributed by atoms with Crippen molar-refractivity contribution in [1.82, 2.24) is 0 Å². The molecular weight excluding hydrogens is 841 g/mol. The predicted octanol–water partition coefficient (Wildman–Crippen LogP) is 18.7. The molecule has 0 bridgehead atoms. The zero-order valence-electron chi connectivity index (χ0n) is 44.1. The topological polar surface area (TPSA) is 78.9 Å². The summed E-state index contributed by atoms with van der Waals surface area (Å²) in [5.41, 5.74) is 0. The van der Waals surface area contributed by atoms with Crippen molar-refractivity contribution < 1.29 is 28.6 Å². The van der Waals surface area contributed by atoms with E-state index in [0.717, 1.165) is 135 Å². The van der Waals surface area contributed by atoms with Gasteiger partial charge in [-0.2, -0.15) is 0 Å². The van der Waals surface area contributed by atoms with E-state index in [1.807, 2.05) is 0 Å². The second-order valence-corrected chi connectivity index (χ2v) is 18.1. The van der Waals surface area contributed by atoms with Crippen molar-refractivity contribution >= 4 is 17.9 Å². The molecule has 0 aliphatic carbocycles. The number of rotatable bonds is 49. The van der Waals surface area contributed by atoms with Crippen molar-refractivity contribution in [3.05, 3.63) is 109 Å². The Balaban J connectivity index is 4.28. The van der Waals surface area contributed by atoms with E-state index in [4.69, 9.17) is 14.2 Å². The summed E-state index contributed by atoms with van der Waals surface area (Å²) >= 11 is 0. The summed E-state index contributed by atoms with van der Waals surface area (Å²) in [5, 5.41) is 0. The standard InChI is InChI=1S/C62H102O6/c1-4-7-10-13-16-19-22-23-24-25-26-27-28-29-30-31-32-33-34-35-36-37-38-39-41-43-46-49-52-55-61(64)67-58-59(57-66-60(63)54-51-48-45-42-21-18-15-12-9-6-3)68-62(65)56-53-50-47-44-40-20-17-14-11-8-5-2/h7,10,14,16-17,19,23-24,26-27,29-30,32-33,35-36,38-39,59H,4-6,8-9,11-13,15,18,20-22,25,28,31,34,37,40-58H2,1-3H3/b10-7-,17-14-,19-16-,24-23-,27-26-,30-29-,33-32-,36-35-,39-38-. The second kappa shape index (κ2) is 55.7. The quantitative estimate of drug-likeness (QED) is 0.0262. The molecule has 0 aromatic rings. The van der Waals surface area contributed by atoms with E-state index in [0.29, 0.717) is 19.3 Å². The first kappa shape index (κ1) is 64.1. The molecule has 68 heavy (non-hydrogen) atoms. The number of esters is 3. The summed E-state index contributed by atoms with van der Waals surface area (Å²) in [6.07, 6.45) is 75.2. The Bertz CT molecular complexity index is 1410. The number of hydrogen-bond acceptors (Lipinski definition) is 6. The van der Waals surface area contributed by atoms with Crippen LogP contribution in [0.25, 0.3) is 0 Å². The fraction of sp³-hybridized carbons (Fsp3) is 0.661. The van der Waals surface area contributed by atoms with Gasteiger partial charge in [-0.15, -0.1) is 0 Å².